The largest absolute Gasteiger partial charge is 0.443 e. The van der Waals surface area contributed by atoms with Crippen molar-refractivity contribution in [3.05, 3.63) is 51.1 Å². The summed E-state index contributed by atoms with van der Waals surface area (Å²) < 4.78 is 22.5. The first-order valence-corrected chi connectivity index (χ1v) is 12.3. The molecule has 37 heavy (non-hydrogen) atoms. The van der Waals surface area contributed by atoms with E-state index in [1.54, 1.807) is 0 Å². The Morgan fingerprint density at radius 1 is 1.30 bits per heavy atom. The smallest absolute Gasteiger partial charge is 0.407 e. The molecule has 2 atom stereocenters. The van der Waals surface area contributed by atoms with E-state index < -0.39 is 35.7 Å². The number of carbonyl (C=O) groups excluding carboxylic acids is 4. The average Bonchev–Trinajstić information content (AvgIpc) is 3.43. The van der Waals surface area contributed by atoms with Crippen molar-refractivity contribution in [3.8, 4) is 0 Å². The molecule has 0 bridgehead atoms. The molecule has 4 heterocycles. The third kappa shape index (κ3) is 4.66. The van der Waals surface area contributed by atoms with E-state index in [1.165, 1.54) is 11.0 Å². The Morgan fingerprint density at radius 2 is 2.08 bits per heavy atom. The van der Waals surface area contributed by atoms with Crippen LogP contribution in [0.2, 0.25) is 5.02 Å². The van der Waals surface area contributed by atoms with Gasteiger partial charge in [0.05, 0.1) is 17.8 Å². The fourth-order valence-corrected chi connectivity index (χ4v) is 5.23. The van der Waals surface area contributed by atoms with Gasteiger partial charge in [-0.1, -0.05) is 11.6 Å². The minimum absolute atomic E-state index is 0.00786. The molecule has 196 valence electrons. The molecule has 4 amide bonds. The van der Waals surface area contributed by atoms with E-state index in [9.17, 15) is 19.2 Å². The highest BCUT2D eigenvalue weighted by atomic mass is 35.5. The number of halogens is 2. The second-order valence-corrected chi connectivity index (χ2v) is 9.86. The minimum Gasteiger partial charge on any atom is -0.443 e. The summed E-state index contributed by atoms with van der Waals surface area (Å²) in [7, 11) is 2.04. The minimum atomic E-state index is -0.887. The Bertz CT molecular complexity index is 1310. The standard InChI is InChI=1S/C24H26ClFN6O5/c1-12-18-8-14(29-32(18)6-5-30(12)2)11-37-24(36)27-9-13-7-16(25)15-10-31(23(35)20(15)21(13)26)17-3-4-19(33)28-22(17)34/h7-8,12,17H,3-6,9-11H2,1-2H3,(H,27,36)(H,28,33,34). The number of aromatic nitrogens is 2. The Balaban J connectivity index is 1.22. The van der Waals surface area contributed by atoms with E-state index in [0.29, 0.717) is 5.69 Å². The summed E-state index contributed by atoms with van der Waals surface area (Å²) in [4.78, 5) is 52.4. The van der Waals surface area contributed by atoms with Gasteiger partial charge in [0.2, 0.25) is 11.8 Å². The molecular weight excluding hydrogens is 507 g/mol. The van der Waals surface area contributed by atoms with Crippen molar-refractivity contribution < 1.29 is 28.3 Å². The number of likely N-dealkylation sites (N-methyl/N-ethyl adjacent to an activating group) is 1. The number of piperidine rings is 1. The normalized spacial score (nSPS) is 21.5. The predicted octanol–water partition coefficient (Wildman–Crippen LogP) is 1.87. The van der Waals surface area contributed by atoms with E-state index in [2.05, 4.69) is 27.6 Å². The van der Waals surface area contributed by atoms with Gasteiger partial charge in [-0.3, -0.25) is 29.3 Å². The van der Waals surface area contributed by atoms with Gasteiger partial charge in [-0.25, -0.2) is 9.18 Å². The molecule has 2 N–H and O–H groups in total. The highest BCUT2D eigenvalue weighted by Gasteiger charge is 2.42. The van der Waals surface area contributed by atoms with E-state index in [0.717, 1.165) is 18.8 Å². The highest BCUT2D eigenvalue weighted by Crippen LogP contribution is 2.35. The topological polar surface area (TPSA) is 126 Å². The summed E-state index contributed by atoms with van der Waals surface area (Å²) >= 11 is 6.35. The number of hydrogen-bond acceptors (Lipinski definition) is 7. The van der Waals surface area contributed by atoms with Gasteiger partial charge in [-0.2, -0.15) is 5.10 Å². The monoisotopic (exact) mass is 532 g/mol. The van der Waals surface area contributed by atoms with E-state index in [1.807, 2.05) is 17.8 Å². The van der Waals surface area contributed by atoms with Crippen molar-refractivity contribution in [2.75, 3.05) is 13.6 Å². The maximum Gasteiger partial charge on any atom is 0.407 e. The lowest BCUT2D eigenvalue weighted by Crippen LogP contribution is -2.52. The number of rotatable bonds is 5. The molecule has 11 nitrogen and oxygen atoms in total. The molecule has 1 fully saturated rings. The number of carbonyl (C=O) groups is 4. The fourth-order valence-electron chi connectivity index (χ4n) is 4.94. The van der Waals surface area contributed by atoms with Crippen LogP contribution in [0.1, 0.15) is 58.7 Å². The van der Waals surface area contributed by atoms with Crippen LogP contribution in [0.25, 0.3) is 0 Å². The average molecular weight is 533 g/mol. The molecule has 0 aliphatic carbocycles. The van der Waals surface area contributed by atoms with Crippen molar-refractivity contribution in [3.63, 3.8) is 0 Å². The summed E-state index contributed by atoms with van der Waals surface area (Å²) in [6.45, 7) is 3.35. The lowest BCUT2D eigenvalue weighted by Gasteiger charge is -2.30. The number of benzene rings is 1. The molecule has 2 aromatic rings. The van der Waals surface area contributed by atoms with Crippen molar-refractivity contribution in [1.82, 2.24) is 30.2 Å². The van der Waals surface area contributed by atoms with Gasteiger partial charge in [0.1, 0.15) is 24.2 Å². The number of nitrogens with zero attached hydrogens (tertiary/aromatic N) is 4. The van der Waals surface area contributed by atoms with Crippen LogP contribution in [0.5, 0.6) is 0 Å². The first kappa shape index (κ1) is 25.2. The molecule has 1 aromatic carbocycles. The second-order valence-electron chi connectivity index (χ2n) is 9.45. The Labute approximate surface area is 216 Å². The Morgan fingerprint density at radius 3 is 2.84 bits per heavy atom. The number of fused-ring (bicyclic) bond motifs is 2. The van der Waals surface area contributed by atoms with Crippen molar-refractivity contribution in [1.29, 1.82) is 0 Å². The van der Waals surface area contributed by atoms with Crippen LogP contribution in [0, 0.1) is 5.82 Å². The molecule has 1 saturated heterocycles. The molecule has 2 unspecified atom stereocenters. The van der Waals surface area contributed by atoms with Crippen LogP contribution in [0.4, 0.5) is 9.18 Å². The molecule has 3 aliphatic heterocycles. The first-order valence-electron chi connectivity index (χ1n) is 12.0. The molecule has 3 aliphatic rings. The molecule has 0 saturated carbocycles. The molecular formula is C24H26ClFN6O5. The number of ether oxygens (including phenoxy) is 1. The van der Waals surface area contributed by atoms with Crippen LogP contribution in [-0.2, 0) is 40.6 Å². The van der Waals surface area contributed by atoms with E-state index in [4.69, 9.17) is 16.3 Å². The first-order chi connectivity index (χ1) is 17.6. The number of amides is 4. The van der Waals surface area contributed by atoms with Gasteiger partial charge in [0.25, 0.3) is 5.91 Å². The van der Waals surface area contributed by atoms with Crippen LogP contribution >= 0.6 is 11.6 Å². The maximum atomic E-state index is 15.3. The van der Waals surface area contributed by atoms with Crippen molar-refractivity contribution >= 4 is 35.4 Å². The summed E-state index contributed by atoms with van der Waals surface area (Å²) in [6, 6.07) is 2.55. The van der Waals surface area contributed by atoms with E-state index in [-0.39, 0.29) is 60.3 Å². The zero-order chi connectivity index (χ0) is 26.4. The molecule has 0 radical (unpaired) electrons. The number of hydrogen-bond donors (Lipinski definition) is 2. The van der Waals surface area contributed by atoms with Gasteiger partial charge in [0, 0.05) is 48.2 Å². The zero-order valence-corrected chi connectivity index (χ0v) is 21.1. The summed E-state index contributed by atoms with van der Waals surface area (Å²) in [5.74, 6) is -2.51. The van der Waals surface area contributed by atoms with Gasteiger partial charge in [-0.05, 0) is 32.5 Å². The quantitative estimate of drug-likeness (QED) is 0.563. The van der Waals surface area contributed by atoms with Crippen LogP contribution in [0.3, 0.4) is 0 Å². The Hall–Kier alpha value is -3.51. The highest BCUT2D eigenvalue weighted by molar-refractivity contribution is 6.32. The zero-order valence-electron chi connectivity index (χ0n) is 20.3. The third-order valence-corrected chi connectivity index (χ3v) is 7.51. The number of alkyl carbamates (subject to hydrolysis) is 1. The summed E-state index contributed by atoms with van der Waals surface area (Å²) in [5, 5.41) is 9.30. The molecule has 5 rings (SSSR count). The number of imide groups is 1. The van der Waals surface area contributed by atoms with Gasteiger partial charge in [0.15, 0.2) is 0 Å². The van der Waals surface area contributed by atoms with E-state index >= 15 is 4.39 Å². The molecule has 1 aromatic heterocycles. The van der Waals surface area contributed by atoms with Crippen LogP contribution < -0.4 is 10.6 Å². The van der Waals surface area contributed by atoms with Gasteiger partial charge < -0.3 is 15.0 Å². The number of nitrogens with one attached hydrogen (secondary N) is 2. The van der Waals surface area contributed by atoms with Crippen LogP contribution in [-0.4, -0.2) is 63.0 Å². The summed E-state index contributed by atoms with van der Waals surface area (Å²) in [5.41, 5.74) is 1.69. The maximum absolute atomic E-state index is 15.3. The van der Waals surface area contributed by atoms with Crippen molar-refractivity contribution in [2.24, 2.45) is 0 Å². The lowest BCUT2D eigenvalue weighted by atomic mass is 10.0. The molecule has 0 spiro atoms. The third-order valence-electron chi connectivity index (χ3n) is 7.17. The predicted molar refractivity (Wildman–Crippen MR) is 128 cm³/mol. The van der Waals surface area contributed by atoms with Crippen molar-refractivity contribution in [2.45, 2.75) is 58.1 Å². The Kier molecular flexibility index (Phi) is 6.63. The van der Waals surface area contributed by atoms with Crippen LogP contribution in [0.15, 0.2) is 12.1 Å². The second kappa shape index (κ2) is 9.75. The lowest BCUT2D eigenvalue weighted by molar-refractivity contribution is -0.136. The SMILES string of the molecule is CC1c2cc(COC(=O)NCc3cc(Cl)c4c(c3F)C(=O)N(C3CCC(=O)NC3=O)C4)nn2CCN1C. The fraction of sp³-hybridized carbons (Fsp3) is 0.458. The van der Waals surface area contributed by atoms with Gasteiger partial charge in [-0.15, -0.1) is 0 Å². The van der Waals surface area contributed by atoms with Gasteiger partial charge >= 0.3 is 6.09 Å². The summed E-state index contributed by atoms with van der Waals surface area (Å²) in [6.07, 6.45) is -0.537. The molecule has 13 heteroatoms.